The Morgan fingerprint density at radius 2 is 1.41 bits per heavy atom. The molecule has 112 valence electrons. The molecule has 0 saturated carbocycles. The first kappa shape index (κ1) is 15.8. The lowest BCUT2D eigenvalue weighted by Gasteiger charge is -2.06. The Kier molecular flexibility index (Phi) is 5.31. The van der Waals surface area contributed by atoms with Crippen molar-refractivity contribution >= 4 is 5.78 Å². The van der Waals surface area contributed by atoms with Crippen LogP contribution in [0.15, 0.2) is 78.1 Å². The lowest BCUT2D eigenvalue weighted by atomic mass is 10.0. The molecule has 0 aliphatic carbocycles. The summed E-state index contributed by atoms with van der Waals surface area (Å²) < 4.78 is 5.71. The smallest absolute Gasteiger partial charge is 0.193 e. The minimum Gasteiger partial charge on any atom is -0.462 e. The molecule has 2 heteroatoms. The fourth-order valence-electron chi connectivity index (χ4n) is 1.93. The molecule has 0 radical (unpaired) electrons. The van der Waals surface area contributed by atoms with Gasteiger partial charge in [0.15, 0.2) is 5.78 Å². The summed E-state index contributed by atoms with van der Waals surface area (Å²) in [5.74, 6) is 1.55. The van der Waals surface area contributed by atoms with E-state index >= 15 is 0 Å². The molecule has 0 spiro atoms. The van der Waals surface area contributed by atoms with Gasteiger partial charge in [-0.25, -0.2) is 0 Å². The maximum atomic E-state index is 12.3. The largest absolute Gasteiger partial charge is 0.462 e. The first-order valence-corrected chi connectivity index (χ1v) is 7.26. The highest BCUT2D eigenvalue weighted by molar-refractivity contribution is 6.08. The van der Waals surface area contributed by atoms with Crippen LogP contribution in [0.2, 0.25) is 0 Å². The molecule has 2 aromatic rings. The van der Waals surface area contributed by atoms with Crippen LogP contribution < -0.4 is 4.74 Å². The molecule has 0 unspecified atom stereocenters. The highest BCUT2D eigenvalue weighted by Gasteiger charge is 2.08. The molecule has 0 atom stereocenters. The first-order valence-electron chi connectivity index (χ1n) is 7.26. The Morgan fingerprint density at radius 3 is 2.00 bits per heavy atom. The van der Waals surface area contributed by atoms with Crippen molar-refractivity contribution in [1.82, 2.24) is 0 Å². The summed E-state index contributed by atoms with van der Waals surface area (Å²) in [5, 5.41) is 0. The molecule has 2 aromatic carbocycles. The molecule has 0 amide bonds. The minimum atomic E-state index is 0.0176. The lowest BCUT2D eigenvalue weighted by molar-refractivity contribution is 0.103. The summed E-state index contributed by atoms with van der Waals surface area (Å²) in [7, 11) is 0. The Balaban J connectivity index is 2.09. The monoisotopic (exact) mass is 292 g/mol. The average molecular weight is 292 g/mol. The van der Waals surface area contributed by atoms with Crippen LogP contribution in [-0.2, 0) is 0 Å². The standard InChI is InChI=1S/C20H20O2/c1-15(2)9-10-16(3)22-19-13-11-18(12-14-19)20(21)17-7-5-4-6-8-17/h4-14H,1-3H3/b16-10+. The lowest BCUT2D eigenvalue weighted by Crippen LogP contribution is -2.00. The second kappa shape index (κ2) is 7.41. The third kappa shape index (κ3) is 4.45. The Morgan fingerprint density at radius 1 is 0.818 bits per heavy atom. The SMILES string of the molecule is CC(C)=C/C=C(\C)Oc1ccc(C(=O)c2ccccc2)cc1. The molecule has 0 aliphatic rings. The summed E-state index contributed by atoms with van der Waals surface area (Å²) in [6.45, 7) is 5.98. The predicted octanol–water partition coefficient (Wildman–Crippen LogP) is 5.17. The number of ether oxygens (including phenoxy) is 1. The topological polar surface area (TPSA) is 26.3 Å². The van der Waals surface area contributed by atoms with Crippen LogP contribution in [0.3, 0.4) is 0 Å². The van der Waals surface area contributed by atoms with E-state index in [2.05, 4.69) is 0 Å². The third-order valence-electron chi connectivity index (χ3n) is 3.08. The highest BCUT2D eigenvalue weighted by Crippen LogP contribution is 2.17. The van der Waals surface area contributed by atoms with Crippen molar-refractivity contribution in [2.45, 2.75) is 20.8 Å². The first-order chi connectivity index (χ1) is 10.6. The van der Waals surface area contributed by atoms with Crippen molar-refractivity contribution in [2.75, 3.05) is 0 Å². The van der Waals surface area contributed by atoms with Gasteiger partial charge in [0.05, 0.1) is 0 Å². The van der Waals surface area contributed by atoms with Gasteiger partial charge in [0.25, 0.3) is 0 Å². The zero-order chi connectivity index (χ0) is 15.9. The number of hydrogen-bond donors (Lipinski definition) is 0. The van der Waals surface area contributed by atoms with Gasteiger partial charge in [-0.1, -0.05) is 42.0 Å². The van der Waals surface area contributed by atoms with Crippen LogP contribution in [0.1, 0.15) is 36.7 Å². The van der Waals surface area contributed by atoms with Gasteiger partial charge in [-0.2, -0.15) is 0 Å². The number of carbonyl (C=O) groups excluding carboxylic acids is 1. The van der Waals surface area contributed by atoms with Crippen molar-refractivity contribution in [3.05, 3.63) is 89.2 Å². The van der Waals surface area contributed by atoms with Gasteiger partial charge in [-0.15, -0.1) is 0 Å². The van der Waals surface area contributed by atoms with Gasteiger partial charge in [-0.3, -0.25) is 4.79 Å². The fourth-order valence-corrected chi connectivity index (χ4v) is 1.93. The number of hydrogen-bond acceptors (Lipinski definition) is 2. The van der Waals surface area contributed by atoms with E-state index in [1.807, 2.05) is 75.4 Å². The maximum absolute atomic E-state index is 12.3. The van der Waals surface area contributed by atoms with E-state index in [4.69, 9.17) is 4.74 Å². The van der Waals surface area contributed by atoms with Crippen molar-refractivity contribution in [3.63, 3.8) is 0 Å². The summed E-state index contributed by atoms with van der Waals surface area (Å²) in [4.78, 5) is 12.3. The molecule has 0 bridgehead atoms. The van der Waals surface area contributed by atoms with Crippen LogP contribution in [0.25, 0.3) is 0 Å². The van der Waals surface area contributed by atoms with Crippen LogP contribution in [0, 0.1) is 0 Å². The number of ketones is 1. The second-order valence-electron chi connectivity index (χ2n) is 5.34. The minimum absolute atomic E-state index is 0.0176. The maximum Gasteiger partial charge on any atom is 0.193 e. The van der Waals surface area contributed by atoms with Gasteiger partial charge in [0.1, 0.15) is 11.5 Å². The Labute approximate surface area is 131 Å². The summed E-state index contributed by atoms with van der Waals surface area (Å²) in [5.41, 5.74) is 2.56. The summed E-state index contributed by atoms with van der Waals surface area (Å²) in [6.07, 6.45) is 3.93. The van der Waals surface area contributed by atoms with Crippen molar-refractivity contribution in [2.24, 2.45) is 0 Å². The van der Waals surface area contributed by atoms with Gasteiger partial charge < -0.3 is 4.74 Å². The number of carbonyl (C=O) groups is 1. The van der Waals surface area contributed by atoms with Gasteiger partial charge >= 0.3 is 0 Å². The zero-order valence-corrected chi connectivity index (χ0v) is 13.2. The molecule has 0 aromatic heterocycles. The molecule has 0 N–H and O–H groups in total. The van der Waals surface area contributed by atoms with Crippen molar-refractivity contribution < 1.29 is 9.53 Å². The number of benzene rings is 2. The fraction of sp³-hybridized carbons (Fsp3) is 0.150. The molecular formula is C20H20O2. The molecular weight excluding hydrogens is 272 g/mol. The molecule has 0 fully saturated rings. The molecule has 0 heterocycles. The van der Waals surface area contributed by atoms with Crippen LogP contribution in [0.4, 0.5) is 0 Å². The zero-order valence-electron chi connectivity index (χ0n) is 13.2. The second-order valence-corrected chi connectivity index (χ2v) is 5.34. The Hall–Kier alpha value is -2.61. The van der Waals surface area contributed by atoms with Gasteiger partial charge in [0.2, 0.25) is 0 Å². The number of rotatable bonds is 5. The van der Waals surface area contributed by atoms with E-state index < -0.39 is 0 Å². The van der Waals surface area contributed by atoms with E-state index in [-0.39, 0.29) is 5.78 Å². The molecule has 2 nitrogen and oxygen atoms in total. The van der Waals surface area contributed by atoms with Gasteiger partial charge in [0, 0.05) is 11.1 Å². The van der Waals surface area contributed by atoms with Crippen molar-refractivity contribution in [1.29, 1.82) is 0 Å². The van der Waals surface area contributed by atoms with E-state index in [0.717, 1.165) is 11.5 Å². The molecule has 2 rings (SSSR count). The van der Waals surface area contributed by atoms with Crippen LogP contribution >= 0.6 is 0 Å². The summed E-state index contributed by atoms with van der Waals surface area (Å²) in [6, 6.07) is 16.5. The van der Waals surface area contributed by atoms with Crippen molar-refractivity contribution in [3.8, 4) is 5.75 Å². The predicted molar refractivity (Wildman–Crippen MR) is 90.1 cm³/mol. The third-order valence-corrected chi connectivity index (χ3v) is 3.08. The van der Waals surface area contributed by atoms with E-state index in [9.17, 15) is 4.79 Å². The molecule has 0 saturated heterocycles. The number of allylic oxidation sites excluding steroid dienone is 4. The normalized spacial score (nSPS) is 11.0. The quantitative estimate of drug-likeness (QED) is 0.432. The van der Waals surface area contributed by atoms with E-state index in [1.54, 1.807) is 12.1 Å². The Bertz CT molecular complexity index is 688. The molecule has 22 heavy (non-hydrogen) atoms. The van der Waals surface area contributed by atoms with Crippen LogP contribution in [0.5, 0.6) is 5.75 Å². The van der Waals surface area contributed by atoms with E-state index in [1.165, 1.54) is 5.57 Å². The highest BCUT2D eigenvalue weighted by atomic mass is 16.5. The average Bonchev–Trinajstić information content (AvgIpc) is 2.54. The summed E-state index contributed by atoms with van der Waals surface area (Å²) >= 11 is 0. The molecule has 0 aliphatic heterocycles. The van der Waals surface area contributed by atoms with Gasteiger partial charge in [-0.05, 0) is 51.1 Å². The van der Waals surface area contributed by atoms with Crippen LogP contribution in [-0.4, -0.2) is 5.78 Å². The van der Waals surface area contributed by atoms with E-state index in [0.29, 0.717) is 11.1 Å².